The zero-order valence-corrected chi connectivity index (χ0v) is 27.3. The summed E-state index contributed by atoms with van der Waals surface area (Å²) in [4.78, 5) is 25.8. The van der Waals surface area contributed by atoms with Crippen LogP contribution in [0.2, 0.25) is 25.7 Å². The van der Waals surface area contributed by atoms with Crippen LogP contribution in [0, 0.1) is 0 Å². The number of carbonyl (C=O) groups excluding carboxylic acids is 1. The van der Waals surface area contributed by atoms with Crippen molar-refractivity contribution in [1.29, 1.82) is 0 Å². The van der Waals surface area contributed by atoms with Gasteiger partial charge in [-0.05, 0) is 82.8 Å². The lowest BCUT2D eigenvalue weighted by molar-refractivity contribution is 0.0492. The predicted octanol–water partition coefficient (Wildman–Crippen LogP) is 7.97. The van der Waals surface area contributed by atoms with Crippen LogP contribution < -0.4 is 16.2 Å². The first-order valence-electron chi connectivity index (χ1n) is 15.3. The molecule has 0 atom stereocenters. The third-order valence-corrected chi connectivity index (χ3v) is 9.53. The van der Waals surface area contributed by atoms with Crippen molar-refractivity contribution in [3.8, 4) is 11.3 Å². The minimum Gasteiger partial charge on any atom is -0.456 e. The summed E-state index contributed by atoms with van der Waals surface area (Å²) in [5.41, 5.74) is 2.03. The second-order valence-electron chi connectivity index (χ2n) is 13.9. The number of fused-ring (bicyclic) bond motifs is 2. The second kappa shape index (κ2) is 12.6. The largest absolute Gasteiger partial charge is 0.456 e. The van der Waals surface area contributed by atoms with Gasteiger partial charge in [0.05, 0.1) is 0 Å². The van der Waals surface area contributed by atoms with Crippen LogP contribution in [-0.2, 0) is 16.2 Å². The number of amides is 1. The van der Waals surface area contributed by atoms with E-state index < -0.39 is 13.7 Å². The first-order chi connectivity index (χ1) is 20.3. The monoisotopic (exact) mass is 603 g/mol. The number of ether oxygens (including phenoxy) is 2. The van der Waals surface area contributed by atoms with Gasteiger partial charge in [0.2, 0.25) is 0 Å². The summed E-state index contributed by atoms with van der Waals surface area (Å²) >= 11 is 0. The summed E-state index contributed by atoms with van der Waals surface area (Å²) in [6, 6.07) is 17.3. The van der Waals surface area contributed by atoms with E-state index in [1.807, 2.05) is 69.4 Å². The Balaban J connectivity index is 1.37. The molecule has 4 aromatic rings. The van der Waals surface area contributed by atoms with Crippen molar-refractivity contribution in [3.05, 3.63) is 65.1 Å². The van der Waals surface area contributed by atoms with Crippen LogP contribution in [0.25, 0.3) is 33.1 Å². The van der Waals surface area contributed by atoms with E-state index in [9.17, 15) is 9.59 Å². The number of benzene rings is 2. The minimum absolute atomic E-state index is 0.0804. The Morgan fingerprint density at radius 1 is 1.00 bits per heavy atom. The molecule has 0 bridgehead atoms. The molecule has 1 aliphatic carbocycles. The molecule has 1 fully saturated rings. The van der Waals surface area contributed by atoms with Crippen LogP contribution >= 0.6 is 0 Å². The van der Waals surface area contributed by atoms with Crippen LogP contribution in [0.3, 0.4) is 0 Å². The number of hydrogen-bond donors (Lipinski definition) is 2. The molecule has 8 nitrogen and oxygen atoms in total. The number of anilines is 1. The minimum atomic E-state index is -1.24. The van der Waals surface area contributed by atoms with Gasteiger partial charge in [0.25, 0.3) is 5.56 Å². The maximum atomic E-state index is 13.6. The van der Waals surface area contributed by atoms with Crippen molar-refractivity contribution < 1.29 is 18.7 Å². The Hall–Kier alpha value is -3.56. The lowest BCUT2D eigenvalue weighted by Gasteiger charge is -2.31. The van der Waals surface area contributed by atoms with Crippen LogP contribution in [0.5, 0.6) is 0 Å². The summed E-state index contributed by atoms with van der Waals surface area (Å²) in [5.74, 6) is 0.716. The van der Waals surface area contributed by atoms with Gasteiger partial charge in [-0.15, -0.1) is 0 Å². The van der Waals surface area contributed by atoms with E-state index in [-0.39, 0.29) is 30.5 Å². The van der Waals surface area contributed by atoms with E-state index in [0.717, 1.165) is 59.3 Å². The Kier molecular flexibility index (Phi) is 9.03. The van der Waals surface area contributed by atoms with E-state index in [1.165, 1.54) is 0 Å². The summed E-state index contributed by atoms with van der Waals surface area (Å²) in [5, 5.41) is 9.17. The van der Waals surface area contributed by atoms with Crippen molar-refractivity contribution >= 4 is 41.6 Å². The molecule has 2 N–H and O–H groups in total. The average Bonchev–Trinajstić information content (AvgIpc) is 3.36. The van der Waals surface area contributed by atoms with E-state index in [2.05, 4.69) is 36.3 Å². The lowest BCUT2D eigenvalue weighted by Crippen LogP contribution is -2.42. The van der Waals surface area contributed by atoms with Crippen molar-refractivity contribution in [1.82, 2.24) is 9.88 Å². The molecule has 0 saturated heterocycles. The van der Waals surface area contributed by atoms with Gasteiger partial charge in [0.15, 0.2) is 0 Å². The molecule has 0 spiro atoms. The van der Waals surface area contributed by atoms with Crippen molar-refractivity contribution in [2.24, 2.45) is 0 Å². The van der Waals surface area contributed by atoms with E-state index >= 15 is 0 Å². The summed E-state index contributed by atoms with van der Waals surface area (Å²) < 4.78 is 19.3. The van der Waals surface area contributed by atoms with Crippen molar-refractivity contribution in [2.75, 3.05) is 11.9 Å². The van der Waals surface area contributed by atoms with Gasteiger partial charge in [-0.3, -0.25) is 9.36 Å². The van der Waals surface area contributed by atoms with Crippen molar-refractivity contribution in [2.45, 2.75) is 96.6 Å². The first-order valence-corrected chi connectivity index (χ1v) is 19.1. The molecule has 2 aromatic heterocycles. The van der Waals surface area contributed by atoms with Gasteiger partial charge in [-0.2, -0.15) is 0 Å². The average molecular weight is 604 g/mol. The van der Waals surface area contributed by atoms with Crippen LogP contribution in [0.15, 0.2) is 63.9 Å². The molecule has 1 aliphatic rings. The smallest absolute Gasteiger partial charge is 0.407 e. The molecule has 0 radical (unpaired) electrons. The molecule has 5 rings (SSSR count). The molecular formula is C34H45N3O5Si. The number of hydrogen-bond acceptors (Lipinski definition) is 6. The summed E-state index contributed by atoms with van der Waals surface area (Å²) in [6.45, 7) is 13.4. The van der Waals surface area contributed by atoms with Gasteiger partial charge in [0.1, 0.15) is 23.7 Å². The Bertz CT molecular complexity index is 1610. The van der Waals surface area contributed by atoms with Gasteiger partial charge < -0.3 is 24.5 Å². The third kappa shape index (κ3) is 8.09. The number of nitrogens with one attached hydrogen (secondary N) is 2. The number of aromatic nitrogens is 1. The van der Waals surface area contributed by atoms with E-state index in [0.29, 0.717) is 17.8 Å². The molecule has 0 unspecified atom stereocenters. The number of alkyl carbamates (subject to hydrolysis) is 1. The zero-order valence-electron chi connectivity index (χ0n) is 26.3. The maximum absolute atomic E-state index is 13.6. The molecule has 0 aliphatic heterocycles. The molecular weight excluding hydrogens is 558 g/mol. The molecule has 43 heavy (non-hydrogen) atoms. The quantitative estimate of drug-likeness (QED) is 0.149. The highest BCUT2D eigenvalue weighted by Crippen LogP contribution is 2.34. The fourth-order valence-corrected chi connectivity index (χ4v) is 6.28. The zero-order chi connectivity index (χ0) is 30.8. The number of carbonyl (C=O) groups is 1. The fourth-order valence-electron chi connectivity index (χ4n) is 5.52. The van der Waals surface area contributed by atoms with E-state index in [4.69, 9.17) is 13.9 Å². The molecule has 2 aromatic carbocycles. The number of para-hydroxylation sites is 1. The van der Waals surface area contributed by atoms with Crippen LogP contribution in [-0.4, -0.2) is 43.0 Å². The number of rotatable bonds is 9. The maximum Gasteiger partial charge on any atom is 0.407 e. The van der Waals surface area contributed by atoms with Gasteiger partial charge in [-0.25, -0.2) is 4.79 Å². The fraction of sp³-hybridized carbons (Fsp3) is 0.471. The molecule has 9 heteroatoms. The molecule has 230 valence electrons. The van der Waals surface area contributed by atoms with Crippen molar-refractivity contribution in [3.63, 3.8) is 0 Å². The molecule has 1 amide bonds. The lowest BCUT2D eigenvalue weighted by atomic mass is 9.91. The Morgan fingerprint density at radius 3 is 2.42 bits per heavy atom. The Morgan fingerprint density at radius 2 is 1.72 bits per heavy atom. The summed E-state index contributed by atoms with van der Waals surface area (Å²) in [6.07, 6.45) is 5.10. The summed E-state index contributed by atoms with van der Waals surface area (Å²) in [7, 11) is -1.24. The standard InChI is InChI=1S/C34H45N3O5Si/c1-34(2,3)42-33(39)36-25-13-11-24(12-14-25)35-26-15-16-27-28(20-26)29(31-19-23-9-7-8-10-30(23)41-31)21-37(32(27)38)22-40-17-18-43(4,5)6/h7-10,15-16,19-21,24-25,35H,11-14,17-18,22H2,1-6H3,(H,36,39). The number of pyridine rings is 1. The highest BCUT2D eigenvalue weighted by molar-refractivity contribution is 6.76. The van der Waals surface area contributed by atoms with Crippen LogP contribution in [0.1, 0.15) is 46.5 Å². The number of furan rings is 1. The van der Waals surface area contributed by atoms with Gasteiger partial charge in [-0.1, -0.05) is 37.8 Å². The van der Waals surface area contributed by atoms with E-state index in [1.54, 1.807) is 4.57 Å². The first kappa shape index (κ1) is 30.9. The van der Waals surface area contributed by atoms with Gasteiger partial charge in [0, 0.05) is 60.4 Å². The number of nitrogens with zero attached hydrogens (tertiary/aromatic N) is 1. The molecule has 2 heterocycles. The van der Waals surface area contributed by atoms with Crippen LogP contribution in [0.4, 0.5) is 10.5 Å². The topological polar surface area (TPSA) is 94.7 Å². The highest BCUT2D eigenvalue weighted by Gasteiger charge is 2.25. The normalized spacial score (nSPS) is 17.7. The SMILES string of the molecule is CC(C)(C)OC(=O)NC1CCC(Nc2ccc3c(=O)n(COCC[Si](C)(C)C)cc(-c4cc5ccccc5o4)c3c2)CC1. The highest BCUT2D eigenvalue weighted by atomic mass is 28.3. The second-order valence-corrected chi connectivity index (χ2v) is 19.5. The third-order valence-electron chi connectivity index (χ3n) is 7.82. The Labute approximate surface area is 254 Å². The van der Waals surface area contributed by atoms with Gasteiger partial charge >= 0.3 is 6.09 Å². The molecule has 1 saturated carbocycles. The predicted molar refractivity (Wildman–Crippen MR) is 177 cm³/mol.